The molecule has 6 nitrogen and oxygen atoms in total. The van der Waals surface area contributed by atoms with E-state index in [1.54, 1.807) is 24.3 Å². The van der Waals surface area contributed by atoms with Crippen LogP contribution in [0.15, 0.2) is 109 Å². The highest BCUT2D eigenvalue weighted by Gasteiger charge is 2.46. The number of ether oxygens (including phenoxy) is 2. The second kappa shape index (κ2) is 18.0. The van der Waals surface area contributed by atoms with Crippen LogP contribution in [0, 0.1) is 0 Å². The fourth-order valence-electron chi connectivity index (χ4n) is 5.76. The Hall–Kier alpha value is -4.36. The summed E-state index contributed by atoms with van der Waals surface area (Å²) in [5, 5.41) is 9.13. The highest BCUT2D eigenvalue weighted by Crippen LogP contribution is 2.42. The predicted molar refractivity (Wildman–Crippen MR) is 186 cm³/mol. The second-order valence-corrected chi connectivity index (χ2v) is 17.8. The Kier molecular flexibility index (Phi) is 14.1. The lowest BCUT2D eigenvalue weighted by Crippen LogP contribution is -2.50. The molecule has 1 N–H and O–H groups in total. The molecule has 0 aromatic heterocycles. The molecule has 0 atom stereocenters. The van der Waals surface area contributed by atoms with Crippen molar-refractivity contribution in [2.45, 2.75) is 84.2 Å². The fourth-order valence-corrected chi connectivity index (χ4v) is 11.0. The molecule has 0 bridgehead atoms. The minimum Gasteiger partial charge on any atom is -0.543 e. The van der Waals surface area contributed by atoms with E-state index in [2.05, 4.69) is 41.5 Å². The second-order valence-electron chi connectivity index (χ2n) is 12.4. The first-order valence-electron chi connectivity index (χ1n) is 15.9. The molecule has 0 spiro atoms. The van der Waals surface area contributed by atoms with Gasteiger partial charge in [0.05, 0.1) is 12.8 Å². The van der Waals surface area contributed by atoms with Gasteiger partial charge in [0, 0.05) is 0 Å². The maximum absolute atomic E-state index is 12.1. The molecule has 0 amide bonds. The van der Waals surface area contributed by atoms with Crippen molar-refractivity contribution in [3.63, 3.8) is 0 Å². The molecule has 4 aromatic carbocycles. The van der Waals surface area contributed by atoms with Crippen LogP contribution in [0.25, 0.3) is 0 Å². The minimum atomic E-state index is -1.96. The third-order valence-corrected chi connectivity index (χ3v) is 14.0. The number of esters is 2. The Morgan fingerprint density at radius 2 is 0.913 bits per heavy atom. The van der Waals surface area contributed by atoms with Gasteiger partial charge in [0.2, 0.25) is 0 Å². The Morgan fingerprint density at radius 3 is 1.28 bits per heavy atom. The van der Waals surface area contributed by atoms with Gasteiger partial charge in [-0.1, -0.05) is 126 Å². The number of rotatable bonds is 13. The van der Waals surface area contributed by atoms with Gasteiger partial charge in [0.15, 0.2) is 0 Å². The van der Waals surface area contributed by atoms with E-state index < -0.39 is 8.32 Å². The maximum atomic E-state index is 12.1. The Balaban J connectivity index is 0.000000275. The molecular weight excluding hydrogens is 593 g/mol. The summed E-state index contributed by atoms with van der Waals surface area (Å²) in [5.74, 6) is 0.609. The molecule has 0 fully saturated rings. The summed E-state index contributed by atoms with van der Waals surface area (Å²) in [4.78, 5) is 23.7. The van der Waals surface area contributed by atoms with Crippen LogP contribution in [-0.4, -0.2) is 25.4 Å². The zero-order valence-electron chi connectivity index (χ0n) is 27.9. The number of hydrogen-bond acceptors (Lipinski definition) is 6. The van der Waals surface area contributed by atoms with Crippen molar-refractivity contribution < 1.29 is 28.6 Å². The summed E-state index contributed by atoms with van der Waals surface area (Å²) in [7, 11) is -1.96. The van der Waals surface area contributed by atoms with Gasteiger partial charge in [0.1, 0.15) is 24.7 Å². The number of carbonyl (C=O) groups is 2. The van der Waals surface area contributed by atoms with E-state index >= 15 is 0 Å². The van der Waals surface area contributed by atoms with E-state index in [0.29, 0.717) is 23.2 Å². The third-order valence-electron chi connectivity index (χ3n) is 8.04. The van der Waals surface area contributed by atoms with Gasteiger partial charge in [0.25, 0.3) is 8.32 Å². The van der Waals surface area contributed by atoms with Crippen molar-refractivity contribution in [2.75, 3.05) is 0 Å². The smallest absolute Gasteiger partial charge is 0.310 e. The van der Waals surface area contributed by atoms with Crippen molar-refractivity contribution in [3.05, 3.63) is 131 Å². The molecule has 0 aliphatic rings. The van der Waals surface area contributed by atoms with Crippen LogP contribution in [0.2, 0.25) is 16.6 Å². The summed E-state index contributed by atoms with van der Waals surface area (Å²) in [6.07, 6.45) is 0.487. The van der Waals surface area contributed by atoms with Crippen LogP contribution < -0.4 is 4.43 Å². The molecular formula is C39H48O6Si. The first kappa shape index (κ1) is 36.1. The maximum Gasteiger partial charge on any atom is 0.310 e. The van der Waals surface area contributed by atoms with Crippen LogP contribution in [0.3, 0.4) is 0 Å². The summed E-state index contributed by atoms with van der Waals surface area (Å²) >= 11 is 0. The first-order chi connectivity index (χ1) is 22.0. The lowest BCUT2D eigenvalue weighted by molar-refractivity contribution is -0.145. The van der Waals surface area contributed by atoms with Gasteiger partial charge in [-0.2, -0.15) is 0 Å². The van der Waals surface area contributed by atoms with Gasteiger partial charge in [-0.3, -0.25) is 9.59 Å². The molecule has 0 radical (unpaired) electrons. The quantitative estimate of drug-likeness (QED) is 0.116. The predicted octanol–water partition coefficient (Wildman–Crippen LogP) is 9.20. The van der Waals surface area contributed by atoms with E-state index in [1.165, 1.54) is 0 Å². The van der Waals surface area contributed by atoms with Crippen molar-refractivity contribution in [3.8, 4) is 11.5 Å². The molecule has 244 valence electrons. The van der Waals surface area contributed by atoms with Crippen LogP contribution in [0.5, 0.6) is 11.5 Å². The normalized spacial score (nSPS) is 11.2. The molecule has 0 saturated heterocycles. The average molecular weight is 641 g/mol. The van der Waals surface area contributed by atoms with Crippen molar-refractivity contribution in [2.24, 2.45) is 0 Å². The zero-order valence-corrected chi connectivity index (χ0v) is 28.9. The largest absolute Gasteiger partial charge is 0.543 e. The zero-order chi connectivity index (χ0) is 33.5. The van der Waals surface area contributed by atoms with Gasteiger partial charge >= 0.3 is 11.9 Å². The molecule has 7 heteroatoms. The van der Waals surface area contributed by atoms with Gasteiger partial charge < -0.3 is 19.0 Å². The lowest BCUT2D eigenvalue weighted by Gasteiger charge is -2.42. The number of benzene rings is 4. The topological polar surface area (TPSA) is 82.1 Å². The summed E-state index contributed by atoms with van der Waals surface area (Å²) in [6, 6.07) is 33.7. The molecule has 46 heavy (non-hydrogen) atoms. The van der Waals surface area contributed by atoms with Crippen LogP contribution in [-0.2, 0) is 45.1 Å². The third kappa shape index (κ3) is 11.2. The van der Waals surface area contributed by atoms with Gasteiger partial charge in [-0.15, -0.1) is 0 Å². The summed E-state index contributed by atoms with van der Waals surface area (Å²) in [5.41, 5.74) is 5.32. The van der Waals surface area contributed by atoms with E-state index in [4.69, 9.17) is 19.0 Å². The molecule has 0 unspecified atom stereocenters. The van der Waals surface area contributed by atoms with Crippen molar-refractivity contribution >= 4 is 20.3 Å². The molecule has 0 heterocycles. The minimum absolute atomic E-state index is 0.191. The van der Waals surface area contributed by atoms with Crippen LogP contribution in [0.4, 0.5) is 0 Å². The highest BCUT2D eigenvalue weighted by atomic mass is 28.4. The van der Waals surface area contributed by atoms with Gasteiger partial charge in [-0.25, -0.2) is 0 Å². The van der Waals surface area contributed by atoms with E-state index in [0.717, 1.165) is 28.0 Å². The monoisotopic (exact) mass is 640 g/mol. The van der Waals surface area contributed by atoms with E-state index in [-0.39, 0.29) is 37.1 Å². The lowest BCUT2D eigenvalue weighted by atomic mass is 10.1. The number of hydrogen-bond donors (Lipinski definition) is 1. The Bertz CT molecular complexity index is 1450. The van der Waals surface area contributed by atoms with Crippen molar-refractivity contribution in [1.82, 2.24) is 0 Å². The van der Waals surface area contributed by atoms with Crippen LogP contribution in [0.1, 0.15) is 63.8 Å². The Morgan fingerprint density at radius 1 is 0.543 bits per heavy atom. The molecule has 0 aliphatic heterocycles. The number of carbonyl (C=O) groups excluding carboxylic acids is 2. The van der Waals surface area contributed by atoms with E-state index in [1.807, 2.05) is 84.9 Å². The summed E-state index contributed by atoms with van der Waals surface area (Å²) in [6.45, 7) is 14.3. The van der Waals surface area contributed by atoms with Crippen LogP contribution >= 0.6 is 0 Å². The summed E-state index contributed by atoms with van der Waals surface area (Å²) < 4.78 is 17.2. The first-order valence-corrected chi connectivity index (χ1v) is 18.1. The SMILES string of the molecule is CC(C)[Si](Oc1ccc(CC(=O)OCc2ccccc2)cc1)(C(C)C)C(C)C.O=C(Cc1ccc(O)cc1)OCc1ccccc1. The fraction of sp³-hybridized carbons (Fsp3) is 0.333. The standard InChI is InChI=1S/C24H34O3Si.C15H14O3/c1-18(2)28(19(3)4,20(5)6)27-23-14-12-21(13-15-23)16-24(25)26-17-22-10-8-7-9-11-22;16-14-8-6-12(7-9-14)10-15(17)18-11-13-4-2-1-3-5-13/h7-15,18-20H,16-17H2,1-6H3;1-9,16H,10-11H2. The molecule has 4 aromatic rings. The molecule has 0 aliphatic carbocycles. The van der Waals surface area contributed by atoms with E-state index in [9.17, 15) is 9.59 Å². The van der Waals surface area contributed by atoms with Gasteiger partial charge in [-0.05, 0) is 63.1 Å². The van der Waals surface area contributed by atoms with Crippen molar-refractivity contribution in [1.29, 1.82) is 0 Å². The number of phenols is 1. The highest BCUT2D eigenvalue weighted by molar-refractivity contribution is 6.78. The number of phenolic OH excluding ortho intramolecular Hbond substituents is 1. The Labute approximate surface area is 275 Å². The number of aromatic hydroxyl groups is 1. The molecule has 4 rings (SSSR count). The molecule has 0 saturated carbocycles. The average Bonchev–Trinajstić information content (AvgIpc) is 3.04.